The molecular weight excluding hydrogens is 806 g/mol. The van der Waals surface area contributed by atoms with Crippen LogP contribution in [0.15, 0.2) is 76.0 Å². The van der Waals surface area contributed by atoms with Crippen LogP contribution in [0.1, 0.15) is 43.5 Å². The van der Waals surface area contributed by atoms with Crippen molar-refractivity contribution in [2.24, 2.45) is 4.99 Å². The lowest BCUT2D eigenvalue weighted by atomic mass is 9.93. The lowest BCUT2D eigenvalue weighted by molar-refractivity contribution is -0.138. The molecule has 1 atom stereocenters. The maximum Gasteiger partial charge on any atom is 0.338 e. The van der Waals surface area contributed by atoms with Gasteiger partial charge in [0.15, 0.2) is 16.3 Å². The van der Waals surface area contributed by atoms with Crippen LogP contribution in [0.3, 0.4) is 0 Å². The lowest BCUT2D eigenvalue weighted by Gasteiger charge is -2.26. The normalized spacial score (nSPS) is 14.7. The van der Waals surface area contributed by atoms with Crippen molar-refractivity contribution in [3.05, 3.63) is 110 Å². The maximum atomic E-state index is 14.4. The molecule has 0 radical (unpaired) electrons. The highest BCUT2D eigenvalue weighted by atomic mass is 127. The minimum atomic E-state index is -0.843. The van der Waals surface area contributed by atoms with Crippen molar-refractivity contribution in [2.45, 2.75) is 32.9 Å². The highest BCUT2D eigenvalue weighted by Crippen LogP contribution is 2.38. The fourth-order valence-corrected chi connectivity index (χ4v) is 7.98. The molecule has 0 saturated carbocycles. The van der Waals surface area contributed by atoms with Crippen molar-refractivity contribution >= 4 is 74.3 Å². The standard InChI is InChI=1S/C33H30I2N2O6S/c1-6-42-32(39)27-28(19-10-8-7-9-11-19)36-33-37(29(27)20-12-13-24(40-4)25(15-20)41-5)31(38)26(44-33)16-21-14-22(34)17-23(35)30(21)43-18(2)3/h7-18,29H,6H2,1-5H3/b26-16-/t29-/m0/s1. The topological polar surface area (TPSA) is 88.4 Å². The van der Waals surface area contributed by atoms with E-state index in [1.807, 2.05) is 68.5 Å². The van der Waals surface area contributed by atoms with E-state index in [4.69, 9.17) is 23.9 Å². The Balaban J connectivity index is 1.85. The quantitative estimate of drug-likeness (QED) is 0.153. The molecule has 5 rings (SSSR count). The number of aromatic nitrogens is 1. The molecule has 1 aromatic heterocycles. The zero-order valence-corrected chi connectivity index (χ0v) is 29.9. The van der Waals surface area contributed by atoms with Gasteiger partial charge < -0.3 is 18.9 Å². The van der Waals surface area contributed by atoms with Gasteiger partial charge in [-0.1, -0.05) is 47.7 Å². The van der Waals surface area contributed by atoms with Crippen molar-refractivity contribution < 1.29 is 23.7 Å². The summed E-state index contributed by atoms with van der Waals surface area (Å²) in [5.74, 6) is 1.15. The predicted octanol–water partition coefficient (Wildman–Crippen LogP) is 5.95. The Kier molecular flexibility index (Phi) is 10.2. The third-order valence-corrected chi connectivity index (χ3v) is 9.18. The van der Waals surface area contributed by atoms with Crippen LogP contribution >= 0.6 is 56.5 Å². The first-order chi connectivity index (χ1) is 21.2. The average molecular weight is 836 g/mol. The predicted molar refractivity (Wildman–Crippen MR) is 188 cm³/mol. The lowest BCUT2D eigenvalue weighted by Crippen LogP contribution is -2.40. The second kappa shape index (κ2) is 13.9. The van der Waals surface area contributed by atoms with E-state index in [1.54, 1.807) is 37.8 Å². The van der Waals surface area contributed by atoms with Crippen LogP contribution in [-0.2, 0) is 9.53 Å². The number of halogens is 2. The number of thiazole rings is 1. The summed E-state index contributed by atoms with van der Waals surface area (Å²) < 4.78 is 26.8. The zero-order chi connectivity index (χ0) is 31.5. The van der Waals surface area contributed by atoms with Gasteiger partial charge in [-0.2, -0.15) is 0 Å². The van der Waals surface area contributed by atoms with Crippen molar-refractivity contribution in [3.8, 4) is 17.2 Å². The number of ether oxygens (including phenoxy) is 4. The van der Waals surface area contributed by atoms with Crippen LogP contribution in [0.4, 0.5) is 0 Å². The number of hydrogen-bond acceptors (Lipinski definition) is 8. The largest absolute Gasteiger partial charge is 0.493 e. The van der Waals surface area contributed by atoms with E-state index >= 15 is 0 Å². The number of esters is 1. The summed E-state index contributed by atoms with van der Waals surface area (Å²) in [6.07, 6.45) is 1.79. The summed E-state index contributed by atoms with van der Waals surface area (Å²) in [4.78, 5) is 33.5. The second-order valence-corrected chi connectivity index (χ2v) is 13.4. The molecule has 11 heteroatoms. The summed E-state index contributed by atoms with van der Waals surface area (Å²) >= 11 is 5.78. The molecule has 0 amide bonds. The van der Waals surface area contributed by atoms with Crippen LogP contribution in [0, 0.1) is 7.14 Å². The number of nitrogens with zero attached hydrogens (tertiary/aromatic N) is 2. The van der Waals surface area contributed by atoms with Gasteiger partial charge in [0.2, 0.25) is 0 Å². The van der Waals surface area contributed by atoms with E-state index in [1.165, 1.54) is 11.3 Å². The Labute approximate surface area is 286 Å². The molecule has 0 fully saturated rings. The van der Waals surface area contributed by atoms with Gasteiger partial charge in [-0.3, -0.25) is 9.36 Å². The average Bonchev–Trinajstić information content (AvgIpc) is 3.32. The first kappa shape index (κ1) is 32.2. The number of rotatable bonds is 9. The number of benzene rings is 3. The van der Waals surface area contributed by atoms with Crippen LogP contribution in [0.5, 0.6) is 17.2 Å². The molecule has 0 bridgehead atoms. The van der Waals surface area contributed by atoms with Crippen molar-refractivity contribution in [2.75, 3.05) is 20.8 Å². The second-order valence-electron chi connectivity index (χ2n) is 10.0. The Hall–Kier alpha value is -3.17. The van der Waals surface area contributed by atoms with Gasteiger partial charge in [0, 0.05) is 14.7 Å². The fourth-order valence-electron chi connectivity index (χ4n) is 4.97. The van der Waals surface area contributed by atoms with Gasteiger partial charge in [-0.15, -0.1) is 0 Å². The van der Waals surface area contributed by atoms with Crippen molar-refractivity contribution in [3.63, 3.8) is 0 Å². The molecule has 2 heterocycles. The molecule has 228 valence electrons. The number of carbonyl (C=O) groups is 1. The summed E-state index contributed by atoms with van der Waals surface area (Å²) in [6.45, 7) is 5.85. The van der Waals surface area contributed by atoms with E-state index in [0.29, 0.717) is 37.8 Å². The van der Waals surface area contributed by atoms with Crippen molar-refractivity contribution in [1.29, 1.82) is 0 Å². The van der Waals surface area contributed by atoms with E-state index < -0.39 is 12.0 Å². The third-order valence-electron chi connectivity index (χ3n) is 6.77. The number of hydrogen-bond donors (Lipinski definition) is 0. The monoisotopic (exact) mass is 836 g/mol. The Morgan fingerprint density at radius 3 is 2.43 bits per heavy atom. The Morgan fingerprint density at radius 1 is 1.05 bits per heavy atom. The maximum absolute atomic E-state index is 14.4. The molecule has 3 aromatic carbocycles. The van der Waals surface area contributed by atoms with Gasteiger partial charge in [-0.25, -0.2) is 9.79 Å². The summed E-state index contributed by atoms with van der Waals surface area (Å²) in [6, 6.07) is 18.0. The Bertz CT molecular complexity index is 1930. The molecule has 0 saturated heterocycles. The van der Waals surface area contributed by atoms with Gasteiger partial charge in [0.25, 0.3) is 5.56 Å². The van der Waals surface area contributed by atoms with Crippen LogP contribution in [-0.4, -0.2) is 37.5 Å². The third kappa shape index (κ3) is 6.45. The highest BCUT2D eigenvalue weighted by Gasteiger charge is 2.35. The van der Waals surface area contributed by atoms with Gasteiger partial charge in [0.05, 0.1) is 52.3 Å². The summed E-state index contributed by atoms with van der Waals surface area (Å²) in [5.41, 5.74) is 2.59. The molecule has 8 nitrogen and oxygen atoms in total. The highest BCUT2D eigenvalue weighted by molar-refractivity contribution is 14.1. The number of fused-ring (bicyclic) bond motifs is 1. The molecule has 0 unspecified atom stereocenters. The van der Waals surface area contributed by atoms with Crippen LogP contribution in [0.2, 0.25) is 0 Å². The molecule has 0 aliphatic carbocycles. The number of methoxy groups -OCH3 is 2. The van der Waals surface area contributed by atoms with Crippen LogP contribution in [0.25, 0.3) is 11.8 Å². The minimum Gasteiger partial charge on any atom is -0.493 e. The van der Waals surface area contributed by atoms with Gasteiger partial charge >= 0.3 is 5.97 Å². The first-order valence-electron chi connectivity index (χ1n) is 13.8. The van der Waals surface area contributed by atoms with E-state index in [9.17, 15) is 9.59 Å². The van der Waals surface area contributed by atoms with Crippen molar-refractivity contribution in [1.82, 2.24) is 4.57 Å². The molecule has 0 N–H and O–H groups in total. The first-order valence-corrected chi connectivity index (χ1v) is 16.8. The molecule has 44 heavy (non-hydrogen) atoms. The molecule has 1 aliphatic heterocycles. The molecule has 0 spiro atoms. The van der Waals surface area contributed by atoms with Gasteiger partial charge in [-0.05, 0) is 102 Å². The Morgan fingerprint density at radius 2 is 1.77 bits per heavy atom. The fraction of sp³-hybridized carbons (Fsp3) is 0.242. The summed E-state index contributed by atoms with van der Waals surface area (Å²) in [7, 11) is 3.10. The molecule has 4 aromatic rings. The van der Waals surface area contributed by atoms with Gasteiger partial charge in [0.1, 0.15) is 5.75 Å². The molecular formula is C33H30I2N2O6S. The molecule has 1 aliphatic rings. The summed E-state index contributed by atoms with van der Waals surface area (Å²) in [5, 5.41) is 0. The number of carbonyl (C=O) groups excluding carboxylic acids is 1. The minimum absolute atomic E-state index is 0.0532. The van der Waals surface area contributed by atoms with E-state index in [2.05, 4.69) is 45.2 Å². The van der Waals surface area contributed by atoms with Crippen LogP contribution < -0.4 is 29.1 Å². The van der Waals surface area contributed by atoms with E-state index in [0.717, 1.165) is 18.3 Å². The smallest absolute Gasteiger partial charge is 0.338 e. The SMILES string of the molecule is CCOC(=O)C1=C(c2ccccc2)N=c2s/c(=C\c3cc(I)cc(I)c3OC(C)C)c(=O)n2[C@H]1c1ccc(OC)c(OC)c1. The zero-order valence-electron chi connectivity index (χ0n) is 24.7. The van der Waals surface area contributed by atoms with E-state index in [-0.39, 0.29) is 23.8 Å².